The molecule has 1 aromatic heterocycles. The number of pyridine rings is 1. The molecule has 1 fully saturated rings. The summed E-state index contributed by atoms with van der Waals surface area (Å²) >= 11 is 0. The van der Waals surface area contributed by atoms with Crippen molar-refractivity contribution in [2.24, 2.45) is 5.92 Å². The first-order valence-electron chi connectivity index (χ1n) is 5.80. The highest BCUT2D eigenvalue weighted by molar-refractivity contribution is 5.89. The molecule has 1 saturated carbocycles. The third-order valence-electron chi connectivity index (χ3n) is 2.87. The Bertz CT molecular complexity index is 408. The van der Waals surface area contributed by atoms with Crippen molar-refractivity contribution >= 4 is 5.97 Å². The highest BCUT2D eigenvalue weighted by Crippen LogP contribution is 2.40. The van der Waals surface area contributed by atoms with Gasteiger partial charge in [0.2, 0.25) is 0 Å². The molecule has 0 spiro atoms. The molecular formula is C13H17NO2. The largest absolute Gasteiger partial charge is 0.478 e. The summed E-state index contributed by atoms with van der Waals surface area (Å²) in [5, 5.41) is 9.17. The maximum atomic E-state index is 11.2. The van der Waals surface area contributed by atoms with Crippen LogP contribution in [0.3, 0.4) is 0 Å². The molecule has 1 N–H and O–H groups in total. The molecule has 1 heterocycles. The lowest BCUT2D eigenvalue weighted by atomic mass is 10.0. The first-order valence-corrected chi connectivity index (χ1v) is 5.80. The van der Waals surface area contributed by atoms with E-state index in [0.29, 0.717) is 23.1 Å². The Balaban J connectivity index is 2.32. The van der Waals surface area contributed by atoms with Crippen LogP contribution >= 0.6 is 0 Å². The summed E-state index contributed by atoms with van der Waals surface area (Å²) in [5.41, 5.74) is 2.19. The number of carboxylic acids is 1. The molecule has 0 radical (unpaired) electrons. The summed E-state index contributed by atoms with van der Waals surface area (Å²) in [7, 11) is 0. The van der Waals surface area contributed by atoms with E-state index in [4.69, 9.17) is 5.11 Å². The minimum atomic E-state index is -0.856. The molecule has 1 aromatic rings. The molecular weight excluding hydrogens is 202 g/mol. The van der Waals surface area contributed by atoms with Gasteiger partial charge in [-0.1, -0.05) is 13.8 Å². The first kappa shape index (κ1) is 11.1. The van der Waals surface area contributed by atoms with Crippen molar-refractivity contribution in [2.45, 2.75) is 39.0 Å². The Kier molecular flexibility index (Phi) is 2.95. The van der Waals surface area contributed by atoms with E-state index in [1.807, 2.05) is 12.3 Å². The van der Waals surface area contributed by atoms with Gasteiger partial charge in [-0.15, -0.1) is 0 Å². The number of rotatable bonds is 4. The van der Waals surface area contributed by atoms with Crippen molar-refractivity contribution in [1.29, 1.82) is 0 Å². The van der Waals surface area contributed by atoms with Gasteiger partial charge >= 0.3 is 5.97 Å². The predicted octanol–water partition coefficient (Wildman–Crippen LogP) is 2.86. The molecule has 0 aromatic carbocycles. The van der Waals surface area contributed by atoms with Crippen molar-refractivity contribution in [1.82, 2.24) is 4.98 Å². The number of aromatic carboxylic acids is 1. The number of carbonyl (C=O) groups is 1. The van der Waals surface area contributed by atoms with Crippen LogP contribution in [0.15, 0.2) is 12.3 Å². The zero-order chi connectivity index (χ0) is 11.7. The lowest BCUT2D eigenvalue weighted by Gasteiger charge is -2.09. The van der Waals surface area contributed by atoms with Crippen LogP contribution in [-0.2, 0) is 6.42 Å². The molecule has 2 rings (SSSR count). The van der Waals surface area contributed by atoms with E-state index >= 15 is 0 Å². The average Bonchev–Trinajstić information content (AvgIpc) is 3.00. The average molecular weight is 219 g/mol. The van der Waals surface area contributed by atoms with Crippen LogP contribution in [0, 0.1) is 5.92 Å². The zero-order valence-electron chi connectivity index (χ0n) is 9.73. The van der Waals surface area contributed by atoms with E-state index in [0.717, 1.165) is 12.0 Å². The Labute approximate surface area is 95.5 Å². The first-order chi connectivity index (χ1) is 7.58. The van der Waals surface area contributed by atoms with Crippen LogP contribution in [0.2, 0.25) is 0 Å². The van der Waals surface area contributed by atoms with Gasteiger partial charge in [0.25, 0.3) is 0 Å². The highest BCUT2D eigenvalue weighted by atomic mass is 16.4. The fourth-order valence-corrected chi connectivity index (χ4v) is 1.88. The molecule has 0 saturated heterocycles. The van der Waals surface area contributed by atoms with E-state index in [1.165, 1.54) is 12.8 Å². The molecule has 86 valence electrons. The van der Waals surface area contributed by atoms with Gasteiger partial charge in [0.15, 0.2) is 0 Å². The van der Waals surface area contributed by atoms with E-state index in [2.05, 4.69) is 18.8 Å². The van der Waals surface area contributed by atoms with Gasteiger partial charge in [0, 0.05) is 6.20 Å². The maximum absolute atomic E-state index is 11.2. The number of aromatic nitrogens is 1. The summed E-state index contributed by atoms with van der Waals surface area (Å²) in [6, 6.07) is 1.81. The van der Waals surface area contributed by atoms with Crippen LogP contribution in [0.5, 0.6) is 0 Å². The van der Waals surface area contributed by atoms with E-state index in [9.17, 15) is 4.79 Å². The normalized spacial score (nSPS) is 15.4. The van der Waals surface area contributed by atoms with Gasteiger partial charge in [-0.3, -0.25) is 4.98 Å². The van der Waals surface area contributed by atoms with Gasteiger partial charge < -0.3 is 5.11 Å². The quantitative estimate of drug-likeness (QED) is 0.847. The van der Waals surface area contributed by atoms with Crippen molar-refractivity contribution < 1.29 is 9.90 Å². The Morgan fingerprint density at radius 2 is 2.25 bits per heavy atom. The van der Waals surface area contributed by atoms with Gasteiger partial charge in [-0.25, -0.2) is 4.79 Å². The number of hydrogen-bond donors (Lipinski definition) is 1. The van der Waals surface area contributed by atoms with Crippen molar-refractivity contribution in [2.75, 3.05) is 0 Å². The highest BCUT2D eigenvalue weighted by Gasteiger charge is 2.25. The van der Waals surface area contributed by atoms with Gasteiger partial charge in [-0.2, -0.15) is 0 Å². The second-order valence-corrected chi connectivity index (χ2v) is 4.94. The monoisotopic (exact) mass is 219 g/mol. The van der Waals surface area contributed by atoms with Gasteiger partial charge in [-0.05, 0) is 42.7 Å². The van der Waals surface area contributed by atoms with Crippen LogP contribution in [0.1, 0.15) is 54.2 Å². The molecule has 0 atom stereocenters. The van der Waals surface area contributed by atoms with Crippen molar-refractivity contribution in [3.8, 4) is 0 Å². The Morgan fingerprint density at radius 3 is 2.75 bits per heavy atom. The molecule has 1 aliphatic carbocycles. The van der Waals surface area contributed by atoms with Crippen molar-refractivity contribution in [3.63, 3.8) is 0 Å². The number of hydrogen-bond acceptors (Lipinski definition) is 2. The third-order valence-corrected chi connectivity index (χ3v) is 2.87. The summed E-state index contributed by atoms with van der Waals surface area (Å²) in [5.74, 6) is 0.127. The molecule has 0 aliphatic heterocycles. The van der Waals surface area contributed by atoms with Gasteiger partial charge in [0.1, 0.15) is 0 Å². The molecule has 0 unspecified atom stereocenters. The SMILES string of the molecule is CC(C)Cc1ncc(C2CC2)cc1C(=O)O. The lowest BCUT2D eigenvalue weighted by molar-refractivity contribution is 0.0695. The lowest BCUT2D eigenvalue weighted by Crippen LogP contribution is -2.08. The summed E-state index contributed by atoms with van der Waals surface area (Å²) < 4.78 is 0. The molecule has 3 heteroatoms. The van der Waals surface area contributed by atoms with Crippen LogP contribution < -0.4 is 0 Å². The molecule has 16 heavy (non-hydrogen) atoms. The van der Waals surface area contributed by atoms with E-state index in [-0.39, 0.29) is 0 Å². The summed E-state index contributed by atoms with van der Waals surface area (Å²) in [6.07, 6.45) is 4.92. The fourth-order valence-electron chi connectivity index (χ4n) is 1.88. The Hall–Kier alpha value is -1.38. The van der Waals surface area contributed by atoms with E-state index < -0.39 is 5.97 Å². The maximum Gasteiger partial charge on any atom is 0.337 e. The topological polar surface area (TPSA) is 50.2 Å². The second-order valence-electron chi connectivity index (χ2n) is 4.94. The standard InChI is InChI=1S/C13H17NO2/c1-8(2)5-12-11(13(15)16)6-10(7-14-12)9-3-4-9/h6-9H,3-5H2,1-2H3,(H,15,16). The van der Waals surface area contributed by atoms with Crippen LogP contribution in [0.25, 0.3) is 0 Å². The predicted molar refractivity (Wildman–Crippen MR) is 61.7 cm³/mol. The van der Waals surface area contributed by atoms with Gasteiger partial charge in [0.05, 0.1) is 11.3 Å². The zero-order valence-corrected chi connectivity index (χ0v) is 9.73. The molecule has 0 bridgehead atoms. The second kappa shape index (κ2) is 4.24. The van der Waals surface area contributed by atoms with Crippen LogP contribution in [-0.4, -0.2) is 16.1 Å². The van der Waals surface area contributed by atoms with Crippen LogP contribution in [0.4, 0.5) is 0 Å². The molecule has 0 amide bonds. The minimum absolute atomic E-state index is 0.387. The smallest absolute Gasteiger partial charge is 0.337 e. The summed E-state index contributed by atoms with van der Waals surface area (Å²) in [4.78, 5) is 15.5. The third kappa shape index (κ3) is 2.40. The van der Waals surface area contributed by atoms with E-state index in [1.54, 1.807) is 0 Å². The fraction of sp³-hybridized carbons (Fsp3) is 0.538. The van der Waals surface area contributed by atoms with Crippen molar-refractivity contribution in [3.05, 3.63) is 29.1 Å². The number of nitrogens with zero attached hydrogens (tertiary/aromatic N) is 1. The molecule has 1 aliphatic rings. The number of carboxylic acid groups (broad SMARTS) is 1. The Morgan fingerprint density at radius 1 is 1.56 bits per heavy atom. The minimum Gasteiger partial charge on any atom is -0.478 e. The summed E-state index contributed by atoms with van der Waals surface area (Å²) in [6.45, 7) is 4.14. The molecule has 3 nitrogen and oxygen atoms in total.